The number of ether oxygens (including phenoxy) is 1. The number of nitrogens with one attached hydrogen (secondary N) is 2. The van der Waals surface area contributed by atoms with Crippen molar-refractivity contribution in [3.63, 3.8) is 0 Å². The summed E-state index contributed by atoms with van der Waals surface area (Å²) in [6.45, 7) is 9.49. The third-order valence-electron chi connectivity index (χ3n) is 4.92. The molecule has 0 spiro atoms. The van der Waals surface area contributed by atoms with Crippen molar-refractivity contribution in [2.75, 3.05) is 33.2 Å². The van der Waals surface area contributed by atoms with Gasteiger partial charge in [0.2, 0.25) is 5.91 Å². The molecule has 6 nitrogen and oxygen atoms in total. The summed E-state index contributed by atoms with van der Waals surface area (Å²) >= 11 is 0. The van der Waals surface area contributed by atoms with Crippen LogP contribution in [0, 0.1) is 12.8 Å². The number of aryl methyl sites for hydroxylation is 1. The molecule has 1 fully saturated rings. The maximum absolute atomic E-state index is 11.6. The lowest BCUT2D eigenvalue weighted by atomic mass is 9.93. The third kappa shape index (κ3) is 6.77. The highest BCUT2D eigenvalue weighted by Gasteiger charge is 2.23. The number of piperidine rings is 1. The molecule has 2 rings (SSSR count). The van der Waals surface area contributed by atoms with E-state index in [2.05, 4.69) is 42.4 Å². The van der Waals surface area contributed by atoms with E-state index < -0.39 is 0 Å². The lowest BCUT2D eigenvalue weighted by molar-refractivity contribution is -0.121. The molecule has 1 heterocycles. The Morgan fingerprint density at radius 3 is 2.67 bits per heavy atom. The number of para-hydroxylation sites is 1. The number of aliphatic imine (C=N–C) groups is 1. The van der Waals surface area contributed by atoms with Crippen LogP contribution in [-0.2, 0) is 4.79 Å². The molecule has 1 amide bonds. The molecule has 0 aromatic heterocycles. The number of likely N-dealkylation sites (tertiary alicyclic amines) is 1. The smallest absolute Gasteiger partial charge is 0.220 e. The van der Waals surface area contributed by atoms with Gasteiger partial charge in [0.05, 0.1) is 6.54 Å². The van der Waals surface area contributed by atoms with Gasteiger partial charge < -0.3 is 20.3 Å². The number of guanidine groups is 1. The van der Waals surface area contributed by atoms with Crippen LogP contribution in [0.4, 0.5) is 0 Å². The standard InChI is InChI=1S/C21H34N4O2/c1-5-23-21(25-12-10-18(11-13-25)14-20(26)22-4)24-15-17(3)27-19-9-7-6-8-16(19)2/h6-9,17-18H,5,10-15H2,1-4H3,(H,22,26)(H,23,24). The molecule has 2 N–H and O–H groups in total. The minimum absolute atomic E-state index is 0.00513. The maximum atomic E-state index is 11.6. The lowest BCUT2D eigenvalue weighted by Crippen LogP contribution is -2.46. The first-order valence-electron chi connectivity index (χ1n) is 9.99. The predicted molar refractivity (Wildman–Crippen MR) is 110 cm³/mol. The first kappa shape index (κ1) is 21.1. The van der Waals surface area contributed by atoms with Crippen molar-refractivity contribution in [1.82, 2.24) is 15.5 Å². The number of hydrogen-bond donors (Lipinski definition) is 2. The van der Waals surface area contributed by atoms with Gasteiger partial charge in [0, 0.05) is 33.1 Å². The van der Waals surface area contributed by atoms with E-state index in [4.69, 9.17) is 9.73 Å². The van der Waals surface area contributed by atoms with Gasteiger partial charge in [-0.2, -0.15) is 0 Å². The molecule has 0 radical (unpaired) electrons. The average molecular weight is 375 g/mol. The lowest BCUT2D eigenvalue weighted by Gasteiger charge is -2.34. The SMILES string of the molecule is CCNC(=NCC(C)Oc1ccccc1C)N1CCC(CC(=O)NC)CC1. The molecular weight excluding hydrogens is 340 g/mol. The fraction of sp³-hybridized carbons (Fsp3) is 0.619. The van der Waals surface area contributed by atoms with Crippen molar-refractivity contribution in [3.8, 4) is 5.75 Å². The number of benzene rings is 1. The molecule has 1 aromatic carbocycles. The molecule has 27 heavy (non-hydrogen) atoms. The van der Waals surface area contributed by atoms with Crippen LogP contribution in [-0.4, -0.2) is 56.1 Å². The third-order valence-corrected chi connectivity index (χ3v) is 4.92. The van der Waals surface area contributed by atoms with Crippen LogP contribution in [0.25, 0.3) is 0 Å². The molecular formula is C21H34N4O2. The summed E-state index contributed by atoms with van der Waals surface area (Å²) in [6.07, 6.45) is 2.67. The van der Waals surface area contributed by atoms with Crippen molar-refractivity contribution < 1.29 is 9.53 Å². The van der Waals surface area contributed by atoms with Crippen LogP contribution in [0.5, 0.6) is 5.75 Å². The molecule has 0 saturated carbocycles. The van der Waals surface area contributed by atoms with Crippen LogP contribution < -0.4 is 15.4 Å². The fourth-order valence-corrected chi connectivity index (χ4v) is 3.30. The van der Waals surface area contributed by atoms with E-state index in [1.165, 1.54) is 0 Å². The van der Waals surface area contributed by atoms with Gasteiger partial charge in [-0.05, 0) is 51.2 Å². The van der Waals surface area contributed by atoms with Gasteiger partial charge in [-0.25, -0.2) is 4.99 Å². The van der Waals surface area contributed by atoms with Crippen LogP contribution >= 0.6 is 0 Å². The zero-order valence-electron chi connectivity index (χ0n) is 17.1. The van der Waals surface area contributed by atoms with Gasteiger partial charge in [0.15, 0.2) is 5.96 Å². The molecule has 1 atom stereocenters. The van der Waals surface area contributed by atoms with Crippen molar-refractivity contribution in [2.45, 2.75) is 46.1 Å². The topological polar surface area (TPSA) is 66.0 Å². The van der Waals surface area contributed by atoms with Crippen LogP contribution in [0.3, 0.4) is 0 Å². The van der Waals surface area contributed by atoms with E-state index in [-0.39, 0.29) is 12.0 Å². The molecule has 1 aliphatic rings. The van der Waals surface area contributed by atoms with E-state index in [0.717, 1.165) is 49.7 Å². The Balaban J connectivity index is 1.88. The summed E-state index contributed by atoms with van der Waals surface area (Å²) in [4.78, 5) is 18.7. The summed E-state index contributed by atoms with van der Waals surface area (Å²) in [5.41, 5.74) is 1.14. The second kappa shape index (κ2) is 10.8. The summed E-state index contributed by atoms with van der Waals surface area (Å²) in [5.74, 6) is 2.46. The molecule has 1 aliphatic heterocycles. The zero-order chi connectivity index (χ0) is 19.6. The predicted octanol–water partition coefficient (Wildman–Crippen LogP) is 2.58. The van der Waals surface area contributed by atoms with E-state index in [1.807, 2.05) is 18.2 Å². The van der Waals surface area contributed by atoms with Crippen LogP contribution in [0.2, 0.25) is 0 Å². The van der Waals surface area contributed by atoms with Gasteiger partial charge in [-0.15, -0.1) is 0 Å². The average Bonchev–Trinajstić information content (AvgIpc) is 2.67. The molecule has 150 valence electrons. The zero-order valence-corrected chi connectivity index (χ0v) is 17.1. The molecule has 1 unspecified atom stereocenters. The summed E-state index contributed by atoms with van der Waals surface area (Å²) < 4.78 is 6.04. The van der Waals surface area contributed by atoms with Gasteiger partial charge in [0.1, 0.15) is 11.9 Å². The Hall–Kier alpha value is -2.24. The molecule has 1 saturated heterocycles. The molecule has 0 bridgehead atoms. The Morgan fingerprint density at radius 2 is 2.04 bits per heavy atom. The second-order valence-electron chi connectivity index (χ2n) is 7.20. The highest BCUT2D eigenvalue weighted by Crippen LogP contribution is 2.21. The minimum atomic E-state index is 0.00513. The van der Waals surface area contributed by atoms with E-state index in [9.17, 15) is 4.79 Å². The van der Waals surface area contributed by atoms with Crippen LogP contribution in [0.1, 0.15) is 38.7 Å². The maximum Gasteiger partial charge on any atom is 0.220 e. The Labute approximate surface area is 163 Å². The molecule has 6 heteroatoms. The minimum Gasteiger partial charge on any atom is -0.489 e. The van der Waals surface area contributed by atoms with E-state index in [1.54, 1.807) is 7.05 Å². The number of amides is 1. The van der Waals surface area contributed by atoms with Crippen molar-refractivity contribution in [3.05, 3.63) is 29.8 Å². The van der Waals surface area contributed by atoms with E-state index in [0.29, 0.717) is 18.9 Å². The number of carbonyl (C=O) groups is 1. The summed E-state index contributed by atoms with van der Waals surface area (Å²) in [5, 5.41) is 6.11. The van der Waals surface area contributed by atoms with Crippen molar-refractivity contribution >= 4 is 11.9 Å². The number of hydrogen-bond acceptors (Lipinski definition) is 3. The van der Waals surface area contributed by atoms with Gasteiger partial charge in [0.25, 0.3) is 0 Å². The summed E-state index contributed by atoms with van der Waals surface area (Å²) in [7, 11) is 1.70. The number of carbonyl (C=O) groups excluding carboxylic acids is 1. The Morgan fingerprint density at radius 1 is 1.33 bits per heavy atom. The Bertz CT molecular complexity index is 624. The van der Waals surface area contributed by atoms with Crippen molar-refractivity contribution in [2.24, 2.45) is 10.9 Å². The largest absolute Gasteiger partial charge is 0.489 e. The second-order valence-corrected chi connectivity index (χ2v) is 7.20. The monoisotopic (exact) mass is 374 g/mol. The van der Waals surface area contributed by atoms with Gasteiger partial charge in [-0.1, -0.05) is 18.2 Å². The summed E-state index contributed by atoms with van der Waals surface area (Å²) in [6, 6.07) is 8.06. The van der Waals surface area contributed by atoms with Gasteiger partial charge >= 0.3 is 0 Å². The molecule has 1 aromatic rings. The first-order chi connectivity index (χ1) is 13.0. The van der Waals surface area contributed by atoms with Crippen molar-refractivity contribution in [1.29, 1.82) is 0 Å². The highest BCUT2D eigenvalue weighted by atomic mass is 16.5. The number of rotatable bonds is 7. The number of nitrogens with zero attached hydrogens (tertiary/aromatic N) is 2. The van der Waals surface area contributed by atoms with Crippen LogP contribution in [0.15, 0.2) is 29.3 Å². The normalized spacial score (nSPS) is 16.7. The highest BCUT2D eigenvalue weighted by molar-refractivity contribution is 5.80. The van der Waals surface area contributed by atoms with E-state index >= 15 is 0 Å². The van der Waals surface area contributed by atoms with Gasteiger partial charge in [-0.3, -0.25) is 4.79 Å². The Kier molecular flexibility index (Phi) is 8.43. The first-order valence-corrected chi connectivity index (χ1v) is 9.99. The fourth-order valence-electron chi connectivity index (χ4n) is 3.30. The molecule has 0 aliphatic carbocycles. The quantitative estimate of drug-likeness (QED) is 0.569.